The molecule has 1 nitrogen and oxygen atoms in total. The van der Waals surface area contributed by atoms with Crippen molar-refractivity contribution in [2.45, 2.75) is 18.8 Å². The van der Waals surface area contributed by atoms with Gasteiger partial charge in [-0.15, -0.1) is 0 Å². The lowest BCUT2D eigenvalue weighted by atomic mass is 9.54. The Kier molecular flexibility index (Phi) is 3.42. The molecule has 0 radical (unpaired) electrons. The quantitative estimate of drug-likeness (QED) is 0.634. The first-order valence-corrected chi connectivity index (χ1v) is 9.57. The van der Waals surface area contributed by atoms with Gasteiger partial charge in [-0.3, -0.25) is 0 Å². The third-order valence-electron chi connectivity index (χ3n) is 6.51. The number of hydrogen-bond acceptors (Lipinski definition) is 1. The molecular weight excluding hydrogens is 326 g/mol. The average molecular weight is 349 g/mol. The van der Waals surface area contributed by atoms with Crippen LogP contribution >= 0.6 is 0 Å². The largest absolute Gasteiger partial charge is 0.399 e. The zero-order valence-electron chi connectivity index (χ0n) is 15.5. The van der Waals surface area contributed by atoms with Crippen LogP contribution in [-0.2, 0) is 5.41 Å². The fraction of sp³-hybridized carbons (Fsp3) is 0.154. The minimum Gasteiger partial charge on any atom is -0.399 e. The fourth-order valence-corrected chi connectivity index (χ4v) is 5.38. The highest BCUT2D eigenvalue weighted by Crippen LogP contribution is 2.66. The molecule has 5 rings (SSSR count). The van der Waals surface area contributed by atoms with Crippen molar-refractivity contribution in [1.29, 1.82) is 0 Å². The van der Waals surface area contributed by atoms with E-state index in [-0.39, 0.29) is 10.8 Å². The Morgan fingerprint density at radius 3 is 1.93 bits per heavy atom. The second kappa shape index (κ2) is 5.72. The van der Waals surface area contributed by atoms with E-state index in [1.54, 1.807) is 0 Å². The van der Waals surface area contributed by atoms with Gasteiger partial charge in [0.1, 0.15) is 0 Å². The Hall–Kier alpha value is -3.06. The van der Waals surface area contributed by atoms with Crippen LogP contribution in [0.15, 0.2) is 103 Å². The van der Waals surface area contributed by atoms with E-state index in [0.29, 0.717) is 0 Å². The van der Waals surface area contributed by atoms with Gasteiger partial charge in [-0.1, -0.05) is 97.9 Å². The fourth-order valence-electron chi connectivity index (χ4n) is 5.38. The first kappa shape index (κ1) is 16.1. The third-order valence-corrected chi connectivity index (χ3v) is 6.51. The van der Waals surface area contributed by atoms with Gasteiger partial charge in [0, 0.05) is 11.1 Å². The summed E-state index contributed by atoms with van der Waals surface area (Å²) in [6.45, 7) is 2.40. The van der Waals surface area contributed by atoms with Crippen molar-refractivity contribution in [3.05, 3.63) is 125 Å². The highest BCUT2D eigenvalue weighted by molar-refractivity contribution is 5.87. The van der Waals surface area contributed by atoms with E-state index in [2.05, 4.69) is 104 Å². The van der Waals surface area contributed by atoms with E-state index < -0.39 is 0 Å². The monoisotopic (exact) mass is 349 g/mol. The summed E-state index contributed by atoms with van der Waals surface area (Å²) in [5.74, 6) is 0. The van der Waals surface area contributed by atoms with Gasteiger partial charge in [0.25, 0.3) is 0 Å². The van der Waals surface area contributed by atoms with E-state index in [4.69, 9.17) is 5.73 Å². The summed E-state index contributed by atoms with van der Waals surface area (Å²) < 4.78 is 0. The van der Waals surface area contributed by atoms with Gasteiger partial charge in [0.05, 0.1) is 5.41 Å². The molecule has 0 spiro atoms. The SMILES string of the molecule is CC12CC=C(N)C=C1c1ccccc1C2(c1ccccc1)c1ccccc1. The molecule has 0 amide bonds. The minimum absolute atomic E-state index is 0.0950. The molecule has 3 aromatic rings. The van der Waals surface area contributed by atoms with Crippen LogP contribution < -0.4 is 5.73 Å². The zero-order chi connectivity index (χ0) is 18.5. The third kappa shape index (κ3) is 2.00. The van der Waals surface area contributed by atoms with E-state index in [1.165, 1.54) is 27.8 Å². The molecule has 2 N–H and O–H groups in total. The van der Waals surface area contributed by atoms with Crippen molar-refractivity contribution >= 4 is 5.57 Å². The van der Waals surface area contributed by atoms with E-state index >= 15 is 0 Å². The second-order valence-corrected chi connectivity index (χ2v) is 7.83. The number of allylic oxidation sites excluding steroid dienone is 3. The van der Waals surface area contributed by atoms with Crippen molar-refractivity contribution in [3.8, 4) is 0 Å². The highest BCUT2D eigenvalue weighted by atomic mass is 14.6. The van der Waals surface area contributed by atoms with E-state index in [1.807, 2.05) is 0 Å². The number of rotatable bonds is 2. The Balaban J connectivity index is 1.96. The van der Waals surface area contributed by atoms with Crippen molar-refractivity contribution in [2.75, 3.05) is 0 Å². The first-order valence-electron chi connectivity index (χ1n) is 9.57. The van der Waals surface area contributed by atoms with Crippen molar-refractivity contribution in [1.82, 2.24) is 0 Å². The number of fused-ring (bicyclic) bond motifs is 3. The lowest BCUT2D eigenvalue weighted by Crippen LogP contribution is -2.43. The summed E-state index contributed by atoms with van der Waals surface area (Å²) in [5, 5.41) is 0. The molecule has 2 aliphatic rings. The zero-order valence-corrected chi connectivity index (χ0v) is 15.5. The molecule has 1 atom stereocenters. The molecule has 27 heavy (non-hydrogen) atoms. The topological polar surface area (TPSA) is 26.0 Å². The maximum absolute atomic E-state index is 6.26. The normalized spacial score (nSPS) is 22.4. The van der Waals surface area contributed by atoms with E-state index in [9.17, 15) is 0 Å². The molecule has 0 aliphatic heterocycles. The molecule has 0 saturated carbocycles. The number of nitrogens with two attached hydrogens (primary N) is 1. The second-order valence-electron chi connectivity index (χ2n) is 7.83. The van der Waals surface area contributed by atoms with Gasteiger partial charge >= 0.3 is 0 Å². The molecule has 0 fully saturated rings. The van der Waals surface area contributed by atoms with Gasteiger partial charge in [-0.25, -0.2) is 0 Å². The molecule has 0 bridgehead atoms. The Labute approximate surface area is 160 Å². The summed E-state index contributed by atoms with van der Waals surface area (Å²) in [7, 11) is 0. The summed E-state index contributed by atoms with van der Waals surface area (Å²) in [4.78, 5) is 0. The Morgan fingerprint density at radius 2 is 1.30 bits per heavy atom. The van der Waals surface area contributed by atoms with Crippen LogP contribution in [0.1, 0.15) is 35.6 Å². The van der Waals surface area contributed by atoms with Crippen LogP contribution in [0, 0.1) is 5.41 Å². The molecule has 1 unspecified atom stereocenters. The molecular formula is C26H23N. The molecule has 132 valence electrons. The average Bonchev–Trinajstić information content (AvgIpc) is 2.95. The van der Waals surface area contributed by atoms with Gasteiger partial charge < -0.3 is 5.73 Å². The molecule has 1 heteroatoms. The molecule has 2 aliphatic carbocycles. The van der Waals surface area contributed by atoms with Crippen LogP contribution in [0.3, 0.4) is 0 Å². The standard InChI is InChI=1S/C26H23N/c1-25-17-16-21(27)18-24(25)22-14-8-9-15-23(22)26(25,19-10-4-2-5-11-19)20-12-6-3-7-13-20/h2-16,18H,17,27H2,1H3. The maximum Gasteiger partial charge on any atom is 0.0554 e. The van der Waals surface area contributed by atoms with Crippen molar-refractivity contribution in [3.63, 3.8) is 0 Å². The molecule has 0 aromatic heterocycles. The highest BCUT2D eigenvalue weighted by Gasteiger charge is 2.59. The predicted molar refractivity (Wildman–Crippen MR) is 112 cm³/mol. The number of benzene rings is 3. The Morgan fingerprint density at radius 1 is 0.741 bits per heavy atom. The van der Waals surface area contributed by atoms with Gasteiger partial charge in [-0.2, -0.15) is 0 Å². The van der Waals surface area contributed by atoms with Crippen LogP contribution in [0.25, 0.3) is 5.57 Å². The lowest BCUT2D eigenvalue weighted by Gasteiger charge is -2.47. The maximum atomic E-state index is 6.26. The van der Waals surface area contributed by atoms with Crippen LogP contribution in [0.4, 0.5) is 0 Å². The lowest BCUT2D eigenvalue weighted by molar-refractivity contribution is 0.320. The van der Waals surface area contributed by atoms with Crippen LogP contribution in [-0.4, -0.2) is 0 Å². The minimum atomic E-state index is -0.241. The van der Waals surface area contributed by atoms with Crippen molar-refractivity contribution < 1.29 is 0 Å². The molecule has 3 aromatic carbocycles. The van der Waals surface area contributed by atoms with E-state index in [0.717, 1.165) is 12.1 Å². The first-order chi connectivity index (χ1) is 13.2. The predicted octanol–water partition coefficient (Wildman–Crippen LogP) is 5.67. The van der Waals surface area contributed by atoms with Crippen LogP contribution in [0.2, 0.25) is 0 Å². The van der Waals surface area contributed by atoms with Crippen molar-refractivity contribution in [2.24, 2.45) is 11.1 Å². The Bertz CT molecular complexity index is 1020. The van der Waals surface area contributed by atoms with Gasteiger partial charge in [0.15, 0.2) is 0 Å². The molecule has 0 saturated heterocycles. The summed E-state index contributed by atoms with van der Waals surface area (Å²) in [6.07, 6.45) is 5.30. The summed E-state index contributed by atoms with van der Waals surface area (Å²) in [6, 6.07) is 30.8. The smallest absolute Gasteiger partial charge is 0.0554 e. The molecule has 0 heterocycles. The van der Waals surface area contributed by atoms with Gasteiger partial charge in [0.2, 0.25) is 0 Å². The summed E-state index contributed by atoms with van der Waals surface area (Å²) >= 11 is 0. The van der Waals surface area contributed by atoms with Gasteiger partial charge in [-0.05, 0) is 40.3 Å². The van der Waals surface area contributed by atoms with Crippen LogP contribution in [0.5, 0.6) is 0 Å². The summed E-state index contributed by atoms with van der Waals surface area (Å²) in [5.41, 5.74) is 13.5. The number of hydrogen-bond donors (Lipinski definition) is 1.